The van der Waals surface area contributed by atoms with Crippen LogP contribution in [-0.2, 0) is 6.42 Å². The topological polar surface area (TPSA) is 21.3 Å². The summed E-state index contributed by atoms with van der Waals surface area (Å²) < 4.78 is 5.73. The SMILES string of the molecule is CNC(C)Cc1ccc(OCCCC(C)C)cc1. The lowest BCUT2D eigenvalue weighted by molar-refractivity contribution is 0.297. The molecule has 1 N–H and O–H groups in total. The summed E-state index contributed by atoms with van der Waals surface area (Å²) in [6.45, 7) is 7.51. The van der Waals surface area contributed by atoms with Crippen LogP contribution in [0.5, 0.6) is 5.75 Å². The third-order valence-electron chi connectivity index (χ3n) is 3.15. The smallest absolute Gasteiger partial charge is 0.119 e. The van der Waals surface area contributed by atoms with Crippen LogP contribution in [0.25, 0.3) is 0 Å². The van der Waals surface area contributed by atoms with Gasteiger partial charge in [-0.25, -0.2) is 0 Å². The van der Waals surface area contributed by atoms with Gasteiger partial charge < -0.3 is 10.1 Å². The molecule has 0 radical (unpaired) electrons. The molecule has 0 aliphatic rings. The molecule has 18 heavy (non-hydrogen) atoms. The fraction of sp³-hybridized carbons (Fsp3) is 0.625. The molecular weight excluding hydrogens is 222 g/mol. The van der Waals surface area contributed by atoms with E-state index < -0.39 is 0 Å². The molecule has 0 aromatic heterocycles. The third-order valence-corrected chi connectivity index (χ3v) is 3.15. The Kier molecular flexibility index (Phi) is 6.81. The van der Waals surface area contributed by atoms with Crippen LogP contribution in [0.2, 0.25) is 0 Å². The molecular formula is C16H27NO. The fourth-order valence-electron chi connectivity index (χ4n) is 1.86. The van der Waals surface area contributed by atoms with Crippen molar-refractivity contribution >= 4 is 0 Å². The summed E-state index contributed by atoms with van der Waals surface area (Å²) in [5, 5.41) is 3.25. The maximum atomic E-state index is 5.73. The molecule has 0 saturated heterocycles. The van der Waals surface area contributed by atoms with Crippen LogP contribution in [0.15, 0.2) is 24.3 Å². The number of benzene rings is 1. The minimum atomic E-state index is 0.516. The minimum Gasteiger partial charge on any atom is -0.494 e. The molecule has 0 spiro atoms. The van der Waals surface area contributed by atoms with Gasteiger partial charge in [0.2, 0.25) is 0 Å². The van der Waals surface area contributed by atoms with E-state index in [1.54, 1.807) is 0 Å². The number of hydrogen-bond acceptors (Lipinski definition) is 2. The van der Waals surface area contributed by atoms with Crippen molar-refractivity contribution in [3.05, 3.63) is 29.8 Å². The zero-order valence-electron chi connectivity index (χ0n) is 12.2. The van der Waals surface area contributed by atoms with E-state index in [4.69, 9.17) is 4.74 Å². The van der Waals surface area contributed by atoms with Crippen LogP contribution in [-0.4, -0.2) is 19.7 Å². The van der Waals surface area contributed by atoms with Crippen molar-refractivity contribution in [1.82, 2.24) is 5.32 Å². The average Bonchev–Trinajstić information content (AvgIpc) is 2.36. The standard InChI is InChI=1S/C16H27NO/c1-13(2)6-5-11-18-16-9-7-15(8-10-16)12-14(3)17-4/h7-10,13-14,17H,5-6,11-12H2,1-4H3. The summed E-state index contributed by atoms with van der Waals surface area (Å²) in [6.07, 6.45) is 3.43. The second-order valence-corrected chi connectivity index (χ2v) is 5.42. The van der Waals surface area contributed by atoms with E-state index in [1.807, 2.05) is 7.05 Å². The van der Waals surface area contributed by atoms with Crippen molar-refractivity contribution < 1.29 is 4.74 Å². The highest BCUT2D eigenvalue weighted by atomic mass is 16.5. The first-order chi connectivity index (χ1) is 8.61. The molecule has 0 aliphatic carbocycles. The normalized spacial score (nSPS) is 12.7. The first-order valence-corrected chi connectivity index (χ1v) is 7.00. The van der Waals surface area contributed by atoms with Gasteiger partial charge in [0.25, 0.3) is 0 Å². The lowest BCUT2D eigenvalue weighted by Gasteiger charge is -2.11. The molecule has 102 valence electrons. The number of ether oxygens (including phenoxy) is 1. The Morgan fingerprint density at radius 1 is 1.11 bits per heavy atom. The summed E-state index contributed by atoms with van der Waals surface area (Å²) in [4.78, 5) is 0. The summed E-state index contributed by atoms with van der Waals surface area (Å²) in [7, 11) is 2.00. The summed E-state index contributed by atoms with van der Waals surface area (Å²) in [5.41, 5.74) is 1.35. The molecule has 0 fully saturated rings. The van der Waals surface area contributed by atoms with Crippen LogP contribution in [0.3, 0.4) is 0 Å². The van der Waals surface area contributed by atoms with Crippen LogP contribution in [0.1, 0.15) is 39.2 Å². The molecule has 0 heterocycles. The highest BCUT2D eigenvalue weighted by Gasteiger charge is 2.01. The van der Waals surface area contributed by atoms with Crippen molar-refractivity contribution in [2.45, 2.75) is 46.1 Å². The van der Waals surface area contributed by atoms with Gasteiger partial charge in [0.1, 0.15) is 5.75 Å². The van der Waals surface area contributed by atoms with Gasteiger partial charge in [0, 0.05) is 6.04 Å². The fourth-order valence-corrected chi connectivity index (χ4v) is 1.86. The van der Waals surface area contributed by atoms with Crippen LogP contribution >= 0.6 is 0 Å². The zero-order chi connectivity index (χ0) is 13.4. The Morgan fingerprint density at radius 3 is 2.33 bits per heavy atom. The largest absolute Gasteiger partial charge is 0.494 e. The monoisotopic (exact) mass is 249 g/mol. The molecule has 1 aromatic rings. The van der Waals surface area contributed by atoms with Gasteiger partial charge >= 0.3 is 0 Å². The lowest BCUT2D eigenvalue weighted by atomic mass is 10.1. The maximum absolute atomic E-state index is 5.73. The Balaban J connectivity index is 2.31. The zero-order valence-corrected chi connectivity index (χ0v) is 12.2. The summed E-state index contributed by atoms with van der Waals surface area (Å²) >= 11 is 0. The van der Waals surface area contributed by atoms with Gasteiger partial charge in [-0.1, -0.05) is 26.0 Å². The van der Waals surface area contributed by atoms with E-state index in [9.17, 15) is 0 Å². The number of nitrogens with one attached hydrogen (secondary N) is 1. The molecule has 0 aliphatic heterocycles. The molecule has 0 bridgehead atoms. The van der Waals surface area contributed by atoms with Gasteiger partial charge in [0.15, 0.2) is 0 Å². The van der Waals surface area contributed by atoms with E-state index in [0.29, 0.717) is 6.04 Å². The molecule has 2 heteroatoms. The second kappa shape index (κ2) is 8.15. The van der Waals surface area contributed by atoms with Crippen LogP contribution < -0.4 is 10.1 Å². The lowest BCUT2D eigenvalue weighted by Crippen LogP contribution is -2.23. The molecule has 2 nitrogen and oxygen atoms in total. The predicted molar refractivity (Wildman–Crippen MR) is 78.2 cm³/mol. The first-order valence-electron chi connectivity index (χ1n) is 7.00. The quantitative estimate of drug-likeness (QED) is 0.710. The van der Waals surface area contributed by atoms with Crippen molar-refractivity contribution in [3.8, 4) is 5.75 Å². The molecule has 1 rings (SSSR count). The van der Waals surface area contributed by atoms with Crippen LogP contribution in [0.4, 0.5) is 0 Å². The van der Waals surface area contributed by atoms with E-state index in [0.717, 1.165) is 31.1 Å². The number of likely N-dealkylation sites (N-methyl/N-ethyl adjacent to an activating group) is 1. The Bertz CT molecular complexity index is 318. The molecule has 0 amide bonds. The van der Waals surface area contributed by atoms with Gasteiger partial charge in [-0.3, -0.25) is 0 Å². The van der Waals surface area contributed by atoms with Crippen molar-refractivity contribution in [1.29, 1.82) is 0 Å². The van der Waals surface area contributed by atoms with Gasteiger partial charge in [-0.2, -0.15) is 0 Å². The Hall–Kier alpha value is -1.02. The summed E-state index contributed by atoms with van der Waals surface area (Å²) in [5.74, 6) is 1.75. The second-order valence-electron chi connectivity index (χ2n) is 5.42. The summed E-state index contributed by atoms with van der Waals surface area (Å²) in [6, 6.07) is 8.99. The van der Waals surface area contributed by atoms with Crippen molar-refractivity contribution in [3.63, 3.8) is 0 Å². The number of rotatable bonds is 8. The Labute approximate surface area is 112 Å². The van der Waals surface area contributed by atoms with Crippen molar-refractivity contribution in [2.24, 2.45) is 5.92 Å². The van der Waals surface area contributed by atoms with E-state index in [2.05, 4.69) is 50.4 Å². The van der Waals surface area contributed by atoms with Gasteiger partial charge in [0.05, 0.1) is 6.61 Å². The van der Waals surface area contributed by atoms with Crippen LogP contribution in [0, 0.1) is 5.92 Å². The number of hydrogen-bond donors (Lipinski definition) is 1. The minimum absolute atomic E-state index is 0.516. The predicted octanol–water partition coefficient (Wildman–Crippen LogP) is 3.65. The molecule has 0 saturated carbocycles. The van der Waals surface area contributed by atoms with Gasteiger partial charge in [-0.15, -0.1) is 0 Å². The third kappa shape index (κ3) is 6.06. The van der Waals surface area contributed by atoms with E-state index in [-0.39, 0.29) is 0 Å². The molecule has 1 atom stereocenters. The Morgan fingerprint density at radius 2 is 1.78 bits per heavy atom. The van der Waals surface area contributed by atoms with Crippen molar-refractivity contribution in [2.75, 3.05) is 13.7 Å². The van der Waals surface area contributed by atoms with Gasteiger partial charge in [-0.05, 0) is 56.8 Å². The van der Waals surface area contributed by atoms with E-state index in [1.165, 1.54) is 12.0 Å². The first kappa shape index (κ1) is 15.0. The van der Waals surface area contributed by atoms with E-state index >= 15 is 0 Å². The highest BCUT2D eigenvalue weighted by molar-refractivity contribution is 5.27. The maximum Gasteiger partial charge on any atom is 0.119 e. The molecule has 1 aromatic carbocycles. The highest BCUT2D eigenvalue weighted by Crippen LogP contribution is 2.14. The average molecular weight is 249 g/mol. The molecule has 1 unspecified atom stereocenters.